The molecule has 2 aliphatic rings. The van der Waals surface area contributed by atoms with Crippen molar-refractivity contribution in [3.8, 4) is 0 Å². The van der Waals surface area contributed by atoms with Gasteiger partial charge in [0.25, 0.3) is 0 Å². The monoisotopic (exact) mass is 268 g/mol. The Kier molecular flexibility index (Phi) is 4.52. The molecule has 2 aliphatic carbocycles. The molecule has 2 fully saturated rings. The third-order valence-electron chi connectivity index (χ3n) is 4.41. The van der Waals surface area contributed by atoms with E-state index in [1.807, 2.05) is 0 Å². The summed E-state index contributed by atoms with van der Waals surface area (Å²) in [6.07, 6.45) is 9.12. The van der Waals surface area contributed by atoms with Crippen LogP contribution in [0.1, 0.15) is 65.7 Å². The molecule has 2 rings (SSSR count). The fraction of sp³-hybridized carbons (Fsp3) is 0.933. The van der Waals surface area contributed by atoms with Crippen LogP contribution in [0.15, 0.2) is 0 Å². The maximum absolute atomic E-state index is 5.46. The molecule has 0 radical (unpaired) electrons. The molecule has 2 nitrogen and oxygen atoms in total. The standard InChI is InChI=1S/C15H28N2S/c1-11-8-13(10-15(2,3)9-11)17-14(18)16-12-6-4-5-7-12/h11-13H,4-10H2,1-3H3,(H2,16,17,18). The van der Waals surface area contributed by atoms with Crippen molar-refractivity contribution in [1.29, 1.82) is 0 Å². The lowest BCUT2D eigenvalue weighted by Crippen LogP contribution is -2.48. The van der Waals surface area contributed by atoms with Crippen LogP contribution in [-0.4, -0.2) is 17.2 Å². The lowest BCUT2D eigenvalue weighted by atomic mass is 9.71. The number of nitrogens with one attached hydrogen (secondary N) is 2. The molecule has 0 aromatic rings. The number of hydrogen-bond donors (Lipinski definition) is 2. The molecule has 0 bridgehead atoms. The lowest BCUT2D eigenvalue weighted by Gasteiger charge is -2.39. The minimum atomic E-state index is 0.457. The van der Waals surface area contributed by atoms with E-state index in [1.54, 1.807) is 0 Å². The van der Waals surface area contributed by atoms with Crippen LogP contribution < -0.4 is 10.6 Å². The molecule has 0 aromatic heterocycles. The lowest BCUT2D eigenvalue weighted by molar-refractivity contribution is 0.161. The van der Waals surface area contributed by atoms with Crippen LogP contribution in [0.3, 0.4) is 0 Å². The van der Waals surface area contributed by atoms with Crippen LogP contribution in [0.25, 0.3) is 0 Å². The smallest absolute Gasteiger partial charge is 0.166 e. The number of rotatable bonds is 2. The molecule has 2 N–H and O–H groups in total. The Bertz CT molecular complexity index is 295. The van der Waals surface area contributed by atoms with Gasteiger partial charge in [0, 0.05) is 12.1 Å². The second kappa shape index (κ2) is 5.77. The Morgan fingerprint density at radius 1 is 1.06 bits per heavy atom. The normalized spacial score (nSPS) is 32.2. The average Bonchev–Trinajstić information content (AvgIpc) is 2.66. The van der Waals surface area contributed by atoms with E-state index in [4.69, 9.17) is 12.2 Å². The zero-order valence-electron chi connectivity index (χ0n) is 12.1. The highest BCUT2D eigenvalue weighted by molar-refractivity contribution is 7.80. The highest BCUT2D eigenvalue weighted by Gasteiger charge is 2.32. The van der Waals surface area contributed by atoms with Gasteiger partial charge in [-0.3, -0.25) is 0 Å². The van der Waals surface area contributed by atoms with Crippen molar-refractivity contribution in [2.24, 2.45) is 11.3 Å². The number of hydrogen-bond acceptors (Lipinski definition) is 1. The molecule has 0 heterocycles. The fourth-order valence-electron chi connectivity index (χ4n) is 3.94. The first-order valence-electron chi connectivity index (χ1n) is 7.52. The Labute approximate surface area is 117 Å². The highest BCUT2D eigenvalue weighted by atomic mass is 32.1. The van der Waals surface area contributed by atoms with Crippen LogP contribution in [0.5, 0.6) is 0 Å². The zero-order valence-corrected chi connectivity index (χ0v) is 12.9. The van der Waals surface area contributed by atoms with E-state index in [9.17, 15) is 0 Å². The van der Waals surface area contributed by atoms with Crippen molar-refractivity contribution in [2.45, 2.75) is 77.8 Å². The fourth-order valence-corrected chi connectivity index (χ4v) is 4.27. The SMILES string of the molecule is CC1CC(NC(=S)NC2CCCC2)CC(C)(C)C1. The molecular formula is C15H28N2S. The Balaban J connectivity index is 1.79. The van der Waals surface area contributed by atoms with Gasteiger partial charge in [0.05, 0.1) is 0 Å². The van der Waals surface area contributed by atoms with Gasteiger partial charge in [-0.2, -0.15) is 0 Å². The van der Waals surface area contributed by atoms with Crippen LogP contribution in [0, 0.1) is 11.3 Å². The summed E-state index contributed by atoms with van der Waals surface area (Å²) in [5.74, 6) is 0.806. The molecule has 0 aliphatic heterocycles. The molecule has 0 saturated heterocycles. The molecule has 0 spiro atoms. The predicted molar refractivity (Wildman–Crippen MR) is 81.7 cm³/mol. The van der Waals surface area contributed by atoms with E-state index >= 15 is 0 Å². The summed E-state index contributed by atoms with van der Waals surface area (Å²) in [7, 11) is 0. The Morgan fingerprint density at radius 3 is 2.28 bits per heavy atom. The maximum atomic E-state index is 5.46. The minimum Gasteiger partial charge on any atom is -0.360 e. The summed E-state index contributed by atoms with van der Waals surface area (Å²) in [6.45, 7) is 7.12. The van der Waals surface area contributed by atoms with E-state index < -0.39 is 0 Å². The first-order valence-corrected chi connectivity index (χ1v) is 7.92. The molecule has 3 heteroatoms. The van der Waals surface area contributed by atoms with Gasteiger partial charge < -0.3 is 10.6 Å². The van der Waals surface area contributed by atoms with Gasteiger partial charge in [-0.1, -0.05) is 33.6 Å². The van der Waals surface area contributed by atoms with E-state index in [2.05, 4.69) is 31.4 Å². The second-order valence-electron chi connectivity index (χ2n) is 7.21. The molecule has 2 saturated carbocycles. The predicted octanol–water partition coefficient (Wildman–Crippen LogP) is 3.61. The topological polar surface area (TPSA) is 24.1 Å². The van der Waals surface area contributed by atoms with Crippen molar-refractivity contribution < 1.29 is 0 Å². The quantitative estimate of drug-likeness (QED) is 0.748. The summed E-state index contributed by atoms with van der Waals surface area (Å²) in [6, 6.07) is 1.18. The highest BCUT2D eigenvalue weighted by Crippen LogP contribution is 2.38. The van der Waals surface area contributed by atoms with Gasteiger partial charge >= 0.3 is 0 Å². The second-order valence-corrected chi connectivity index (χ2v) is 7.62. The molecular weight excluding hydrogens is 240 g/mol. The van der Waals surface area contributed by atoms with E-state index in [-0.39, 0.29) is 0 Å². The van der Waals surface area contributed by atoms with Gasteiger partial charge in [0.15, 0.2) is 5.11 Å². The van der Waals surface area contributed by atoms with Gasteiger partial charge in [-0.05, 0) is 55.7 Å². The molecule has 2 unspecified atom stereocenters. The maximum Gasteiger partial charge on any atom is 0.166 e. The largest absolute Gasteiger partial charge is 0.360 e. The Hall–Kier alpha value is -0.310. The van der Waals surface area contributed by atoms with Crippen LogP contribution in [0.2, 0.25) is 0 Å². The molecule has 18 heavy (non-hydrogen) atoms. The van der Waals surface area contributed by atoms with E-state index in [0.717, 1.165) is 11.0 Å². The van der Waals surface area contributed by atoms with Crippen molar-refractivity contribution in [3.05, 3.63) is 0 Å². The van der Waals surface area contributed by atoms with Crippen molar-refractivity contribution in [2.75, 3.05) is 0 Å². The summed E-state index contributed by atoms with van der Waals surface area (Å²) in [4.78, 5) is 0. The molecule has 0 aromatic carbocycles. The van der Waals surface area contributed by atoms with E-state index in [0.29, 0.717) is 17.5 Å². The van der Waals surface area contributed by atoms with Gasteiger partial charge in [-0.25, -0.2) is 0 Å². The third kappa shape index (κ3) is 4.11. The summed E-state index contributed by atoms with van der Waals surface area (Å²) >= 11 is 5.46. The van der Waals surface area contributed by atoms with Crippen LogP contribution >= 0.6 is 12.2 Å². The van der Waals surface area contributed by atoms with Crippen molar-refractivity contribution in [1.82, 2.24) is 10.6 Å². The average molecular weight is 268 g/mol. The first-order chi connectivity index (χ1) is 8.44. The van der Waals surface area contributed by atoms with Crippen molar-refractivity contribution >= 4 is 17.3 Å². The molecule has 2 atom stereocenters. The number of thiocarbonyl (C=S) groups is 1. The third-order valence-corrected chi connectivity index (χ3v) is 4.65. The summed E-state index contributed by atoms with van der Waals surface area (Å²) in [5.41, 5.74) is 0.457. The van der Waals surface area contributed by atoms with Gasteiger partial charge in [0.1, 0.15) is 0 Å². The van der Waals surface area contributed by atoms with Crippen LogP contribution in [-0.2, 0) is 0 Å². The summed E-state index contributed by atoms with van der Waals surface area (Å²) < 4.78 is 0. The molecule has 0 amide bonds. The van der Waals surface area contributed by atoms with Gasteiger partial charge in [-0.15, -0.1) is 0 Å². The molecule has 104 valence electrons. The summed E-state index contributed by atoms with van der Waals surface area (Å²) in [5, 5.41) is 7.93. The van der Waals surface area contributed by atoms with Crippen molar-refractivity contribution in [3.63, 3.8) is 0 Å². The Morgan fingerprint density at radius 2 is 1.67 bits per heavy atom. The zero-order chi connectivity index (χ0) is 13.2. The minimum absolute atomic E-state index is 0.457. The van der Waals surface area contributed by atoms with E-state index in [1.165, 1.54) is 44.9 Å². The first kappa shape index (κ1) is 14.1. The van der Waals surface area contributed by atoms with Gasteiger partial charge in [0.2, 0.25) is 0 Å². The van der Waals surface area contributed by atoms with Crippen LogP contribution in [0.4, 0.5) is 0 Å².